The summed E-state index contributed by atoms with van der Waals surface area (Å²) in [5.74, 6) is -0.405. The van der Waals surface area contributed by atoms with Gasteiger partial charge in [0.25, 0.3) is 5.91 Å². The molecule has 0 bridgehead atoms. The molecule has 1 amide bonds. The first-order valence-electron chi connectivity index (χ1n) is 10.7. The second-order valence-corrected chi connectivity index (χ2v) is 7.87. The Morgan fingerprint density at radius 3 is 2.39 bits per heavy atom. The molecule has 170 valence electrons. The highest BCUT2D eigenvalue weighted by Gasteiger charge is 2.31. The summed E-state index contributed by atoms with van der Waals surface area (Å²) in [6, 6.07) is 3.63. The molecular weight excluding hydrogens is 423 g/mol. The summed E-state index contributed by atoms with van der Waals surface area (Å²) in [5.41, 5.74) is 0.583. The number of nitrogens with one attached hydrogen (secondary N) is 2. The summed E-state index contributed by atoms with van der Waals surface area (Å²) in [6.45, 7) is 5.24. The molecule has 1 aliphatic heterocycles. The standard InChI is InChI=1S/C23H30F3N3OS/c1-3-10-17(11-4-2)21(30)28-22(31)27-19-16-18(23(24,25)26)12-13-20(19)29-14-8-6-5-7-9-15-29/h3,10-13,16H,4-9,14-15H2,1-2H3,(H2,27,28,30,31)/b10-3-,17-11+. The third kappa shape index (κ3) is 7.69. The summed E-state index contributed by atoms with van der Waals surface area (Å²) in [6.07, 6.45) is 6.71. The quantitative estimate of drug-likeness (QED) is 0.316. The van der Waals surface area contributed by atoms with Crippen LogP contribution in [-0.4, -0.2) is 24.1 Å². The van der Waals surface area contributed by atoms with E-state index < -0.39 is 17.6 Å². The van der Waals surface area contributed by atoms with Crippen molar-refractivity contribution >= 4 is 34.6 Å². The predicted octanol–water partition coefficient (Wildman–Crippen LogP) is 6.20. The van der Waals surface area contributed by atoms with E-state index in [1.165, 1.54) is 12.5 Å². The smallest absolute Gasteiger partial charge is 0.370 e. The number of hydrogen-bond donors (Lipinski definition) is 2. The van der Waals surface area contributed by atoms with E-state index in [-0.39, 0.29) is 10.8 Å². The number of nitrogens with zero attached hydrogens (tertiary/aromatic N) is 1. The molecule has 0 saturated carbocycles. The van der Waals surface area contributed by atoms with Gasteiger partial charge in [-0.25, -0.2) is 0 Å². The SMILES string of the molecule is C/C=C\C(=C/CC)C(=O)NC(=S)Nc1cc(C(F)(F)F)ccc1N1CCCCCCC1. The Morgan fingerprint density at radius 1 is 1.16 bits per heavy atom. The van der Waals surface area contributed by atoms with Crippen molar-refractivity contribution in [3.05, 3.63) is 47.6 Å². The summed E-state index contributed by atoms with van der Waals surface area (Å²) < 4.78 is 40.0. The highest BCUT2D eigenvalue weighted by molar-refractivity contribution is 7.80. The molecule has 0 radical (unpaired) electrons. The summed E-state index contributed by atoms with van der Waals surface area (Å²) in [5, 5.41) is 5.37. The topological polar surface area (TPSA) is 44.4 Å². The van der Waals surface area contributed by atoms with Crippen molar-refractivity contribution in [3.8, 4) is 0 Å². The van der Waals surface area contributed by atoms with Crippen molar-refractivity contribution in [2.45, 2.75) is 58.5 Å². The van der Waals surface area contributed by atoms with Crippen molar-refractivity contribution in [3.63, 3.8) is 0 Å². The van der Waals surface area contributed by atoms with Crippen molar-refractivity contribution in [1.82, 2.24) is 5.32 Å². The number of amides is 1. The van der Waals surface area contributed by atoms with Crippen LogP contribution < -0.4 is 15.5 Å². The Kier molecular flexibility index (Phi) is 9.55. The van der Waals surface area contributed by atoms with E-state index >= 15 is 0 Å². The molecule has 1 aromatic rings. The normalized spacial score (nSPS) is 16.0. The van der Waals surface area contributed by atoms with E-state index in [1.54, 1.807) is 25.2 Å². The average Bonchev–Trinajstić information content (AvgIpc) is 2.67. The number of anilines is 2. The molecule has 1 aromatic carbocycles. The molecule has 1 aliphatic rings. The number of allylic oxidation sites excluding steroid dienone is 2. The molecule has 0 spiro atoms. The highest BCUT2D eigenvalue weighted by atomic mass is 32.1. The van der Waals surface area contributed by atoms with Gasteiger partial charge in [0.15, 0.2) is 5.11 Å². The Hall–Kier alpha value is -2.35. The van der Waals surface area contributed by atoms with Crippen LogP contribution in [0.2, 0.25) is 0 Å². The van der Waals surface area contributed by atoms with Crippen LogP contribution in [0.25, 0.3) is 0 Å². The van der Waals surface area contributed by atoms with E-state index in [9.17, 15) is 18.0 Å². The van der Waals surface area contributed by atoms with Gasteiger partial charge >= 0.3 is 6.18 Å². The lowest BCUT2D eigenvalue weighted by Gasteiger charge is -2.29. The molecule has 31 heavy (non-hydrogen) atoms. The molecule has 0 unspecified atom stereocenters. The molecule has 0 atom stereocenters. The number of alkyl halides is 3. The largest absolute Gasteiger partial charge is 0.416 e. The second-order valence-electron chi connectivity index (χ2n) is 7.46. The number of carbonyl (C=O) groups excluding carboxylic acids is 1. The van der Waals surface area contributed by atoms with E-state index in [2.05, 4.69) is 15.5 Å². The molecule has 1 fully saturated rings. The van der Waals surface area contributed by atoms with Gasteiger partial charge in [-0.1, -0.05) is 44.4 Å². The van der Waals surface area contributed by atoms with Crippen LogP contribution in [0, 0.1) is 0 Å². The zero-order valence-electron chi connectivity index (χ0n) is 18.0. The van der Waals surface area contributed by atoms with Gasteiger partial charge in [-0.05, 0) is 56.6 Å². The number of carbonyl (C=O) groups is 1. The maximum absolute atomic E-state index is 13.3. The van der Waals surface area contributed by atoms with Gasteiger partial charge in [0.2, 0.25) is 0 Å². The van der Waals surface area contributed by atoms with Gasteiger partial charge in [0.05, 0.1) is 16.9 Å². The average molecular weight is 454 g/mol. The predicted molar refractivity (Wildman–Crippen MR) is 124 cm³/mol. The van der Waals surface area contributed by atoms with Gasteiger partial charge in [0, 0.05) is 18.7 Å². The van der Waals surface area contributed by atoms with Crippen LogP contribution >= 0.6 is 12.2 Å². The molecule has 4 nitrogen and oxygen atoms in total. The fraction of sp³-hybridized carbons (Fsp3) is 0.478. The van der Waals surface area contributed by atoms with Crippen LogP contribution in [0.5, 0.6) is 0 Å². The van der Waals surface area contributed by atoms with E-state index in [1.807, 2.05) is 6.92 Å². The number of benzene rings is 1. The van der Waals surface area contributed by atoms with Gasteiger partial charge < -0.3 is 10.2 Å². The molecule has 2 rings (SSSR count). The van der Waals surface area contributed by atoms with Gasteiger partial charge in [0.1, 0.15) is 0 Å². The zero-order valence-corrected chi connectivity index (χ0v) is 18.8. The Labute approximate surface area is 187 Å². The first-order valence-corrected chi connectivity index (χ1v) is 11.1. The van der Waals surface area contributed by atoms with Crippen LogP contribution in [0.4, 0.5) is 24.5 Å². The molecule has 1 heterocycles. The number of rotatable bonds is 5. The fourth-order valence-electron chi connectivity index (χ4n) is 3.54. The van der Waals surface area contributed by atoms with Gasteiger partial charge in [-0.3, -0.25) is 10.1 Å². The fourth-order valence-corrected chi connectivity index (χ4v) is 3.74. The molecular formula is C23H30F3N3OS. The maximum atomic E-state index is 13.3. The van der Waals surface area contributed by atoms with E-state index in [0.29, 0.717) is 17.7 Å². The zero-order chi connectivity index (χ0) is 22.9. The summed E-state index contributed by atoms with van der Waals surface area (Å²) >= 11 is 5.25. The van der Waals surface area contributed by atoms with Crippen LogP contribution in [0.15, 0.2) is 42.0 Å². The van der Waals surface area contributed by atoms with E-state index in [4.69, 9.17) is 12.2 Å². The number of halogens is 3. The number of hydrogen-bond acceptors (Lipinski definition) is 3. The lowest BCUT2D eigenvalue weighted by molar-refractivity contribution is -0.137. The third-order valence-corrected chi connectivity index (χ3v) is 5.23. The summed E-state index contributed by atoms with van der Waals surface area (Å²) in [7, 11) is 0. The minimum absolute atomic E-state index is 0.0378. The van der Waals surface area contributed by atoms with Crippen molar-refractivity contribution in [1.29, 1.82) is 0 Å². The van der Waals surface area contributed by atoms with Crippen LogP contribution in [0.3, 0.4) is 0 Å². The van der Waals surface area contributed by atoms with Crippen molar-refractivity contribution < 1.29 is 18.0 Å². The summed E-state index contributed by atoms with van der Waals surface area (Å²) in [4.78, 5) is 14.6. The monoisotopic (exact) mass is 453 g/mol. The van der Waals surface area contributed by atoms with E-state index in [0.717, 1.165) is 50.9 Å². The third-order valence-electron chi connectivity index (χ3n) is 5.03. The minimum Gasteiger partial charge on any atom is -0.370 e. The molecule has 1 saturated heterocycles. The number of thiocarbonyl (C=S) groups is 1. The minimum atomic E-state index is -4.47. The van der Waals surface area contributed by atoms with Crippen molar-refractivity contribution in [2.24, 2.45) is 0 Å². The first-order chi connectivity index (χ1) is 14.8. The van der Waals surface area contributed by atoms with Crippen LogP contribution in [-0.2, 0) is 11.0 Å². The maximum Gasteiger partial charge on any atom is 0.416 e. The Morgan fingerprint density at radius 2 is 1.81 bits per heavy atom. The lowest BCUT2D eigenvalue weighted by atomic mass is 10.1. The van der Waals surface area contributed by atoms with Crippen LogP contribution in [0.1, 0.15) is 57.9 Å². The molecule has 8 heteroatoms. The molecule has 0 aliphatic carbocycles. The first kappa shape index (κ1) is 24.9. The Bertz CT molecular complexity index is 826. The Balaban J connectivity index is 2.27. The second kappa shape index (κ2) is 11.9. The van der Waals surface area contributed by atoms with Crippen molar-refractivity contribution in [2.75, 3.05) is 23.3 Å². The highest BCUT2D eigenvalue weighted by Crippen LogP contribution is 2.36. The van der Waals surface area contributed by atoms with Gasteiger partial charge in [-0.15, -0.1) is 0 Å². The molecule has 2 N–H and O–H groups in total. The molecule has 0 aromatic heterocycles. The lowest BCUT2D eigenvalue weighted by Crippen LogP contribution is -2.36. The van der Waals surface area contributed by atoms with Gasteiger partial charge in [-0.2, -0.15) is 13.2 Å².